The lowest BCUT2D eigenvalue weighted by Crippen LogP contribution is -2.38. The summed E-state index contributed by atoms with van der Waals surface area (Å²) >= 11 is 0. The van der Waals surface area contributed by atoms with Gasteiger partial charge in [0.25, 0.3) is 5.91 Å². The second-order valence-corrected chi connectivity index (χ2v) is 6.21. The molecule has 0 saturated heterocycles. The highest BCUT2D eigenvalue weighted by Gasteiger charge is 2.44. The zero-order valence-electron chi connectivity index (χ0n) is 12.9. The summed E-state index contributed by atoms with van der Waals surface area (Å²) in [4.78, 5) is 12.2. The van der Waals surface area contributed by atoms with Crippen molar-refractivity contribution in [2.75, 3.05) is 6.54 Å². The van der Waals surface area contributed by atoms with E-state index in [2.05, 4.69) is 11.4 Å². The fourth-order valence-corrected chi connectivity index (χ4v) is 2.56. The highest BCUT2D eigenvalue weighted by atomic mass is 16.4. The molecular formula is C18H18N2O3. The molecule has 0 bridgehead atoms. The summed E-state index contributed by atoms with van der Waals surface area (Å²) < 4.78 is 5.18. The maximum atomic E-state index is 12.2. The summed E-state index contributed by atoms with van der Waals surface area (Å²) in [5.41, 5.74) is -0.160. The van der Waals surface area contributed by atoms with Crippen LogP contribution in [0.25, 0.3) is 0 Å². The lowest BCUT2D eigenvalue weighted by atomic mass is 9.96. The van der Waals surface area contributed by atoms with Gasteiger partial charge in [-0.15, -0.1) is 0 Å². The Balaban J connectivity index is 1.64. The van der Waals surface area contributed by atoms with Crippen molar-refractivity contribution in [3.63, 3.8) is 0 Å². The number of amides is 1. The number of nitrogens with zero attached hydrogens (tertiary/aromatic N) is 1. The Morgan fingerprint density at radius 2 is 2.09 bits per heavy atom. The molecule has 1 aliphatic carbocycles. The number of carbonyl (C=O) groups is 1. The predicted molar refractivity (Wildman–Crippen MR) is 83.6 cm³/mol. The van der Waals surface area contributed by atoms with Crippen LogP contribution < -0.4 is 5.32 Å². The van der Waals surface area contributed by atoms with E-state index in [4.69, 9.17) is 4.42 Å². The number of hydrogen-bond donors (Lipinski definition) is 2. The van der Waals surface area contributed by atoms with Crippen molar-refractivity contribution >= 4 is 5.91 Å². The normalized spacial score (nSPS) is 17.8. The minimum atomic E-state index is -1.27. The minimum absolute atomic E-state index is 0.0449. The van der Waals surface area contributed by atoms with E-state index < -0.39 is 5.60 Å². The van der Waals surface area contributed by atoms with Gasteiger partial charge in [0.1, 0.15) is 11.4 Å². The SMILES string of the molecule is CC(O)(CNC(=O)c1ccc(C2(C#N)CC2)cc1)c1ccco1. The average Bonchev–Trinajstić information content (AvgIpc) is 3.16. The van der Waals surface area contributed by atoms with E-state index in [1.807, 2.05) is 12.1 Å². The summed E-state index contributed by atoms with van der Waals surface area (Å²) in [7, 11) is 0. The van der Waals surface area contributed by atoms with E-state index in [1.54, 1.807) is 31.2 Å². The van der Waals surface area contributed by atoms with Crippen LogP contribution in [0.15, 0.2) is 47.1 Å². The summed E-state index contributed by atoms with van der Waals surface area (Å²) in [5.74, 6) is 0.128. The van der Waals surface area contributed by atoms with Crippen LogP contribution in [0.3, 0.4) is 0 Å². The fourth-order valence-electron chi connectivity index (χ4n) is 2.56. The number of nitriles is 1. The molecule has 5 nitrogen and oxygen atoms in total. The summed E-state index contributed by atoms with van der Waals surface area (Å²) in [6.45, 7) is 1.63. The molecule has 0 aliphatic heterocycles. The monoisotopic (exact) mass is 310 g/mol. The summed E-state index contributed by atoms with van der Waals surface area (Å²) in [6.07, 6.45) is 3.23. The van der Waals surface area contributed by atoms with Crippen molar-refractivity contribution < 1.29 is 14.3 Å². The maximum Gasteiger partial charge on any atom is 0.251 e. The molecule has 1 aromatic heterocycles. The Labute approximate surface area is 134 Å². The first-order valence-electron chi connectivity index (χ1n) is 7.53. The standard InChI is InChI=1S/C18H18N2O3/c1-17(22,15-3-2-10-23-15)12-20-16(21)13-4-6-14(7-5-13)18(11-19)8-9-18/h2-7,10,22H,8-9,12H2,1H3,(H,20,21). The van der Waals surface area contributed by atoms with Gasteiger partial charge in [0.15, 0.2) is 0 Å². The minimum Gasteiger partial charge on any atom is -0.466 e. The molecule has 0 spiro atoms. The highest BCUT2D eigenvalue weighted by Crippen LogP contribution is 2.47. The Morgan fingerprint density at radius 1 is 1.39 bits per heavy atom. The summed E-state index contributed by atoms with van der Waals surface area (Å²) in [5, 5.41) is 22.2. The first kappa shape index (κ1) is 15.3. The van der Waals surface area contributed by atoms with E-state index in [9.17, 15) is 15.2 Å². The molecule has 1 unspecified atom stereocenters. The van der Waals surface area contributed by atoms with Gasteiger partial charge < -0.3 is 14.8 Å². The van der Waals surface area contributed by atoms with E-state index in [1.165, 1.54) is 6.26 Å². The van der Waals surface area contributed by atoms with Crippen molar-refractivity contribution in [3.05, 3.63) is 59.5 Å². The number of hydrogen-bond acceptors (Lipinski definition) is 4. The number of carbonyl (C=O) groups excluding carboxylic acids is 1. The predicted octanol–water partition coefficient (Wildman–Crippen LogP) is 2.47. The Morgan fingerprint density at radius 3 is 2.61 bits per heavy atom. The third-order valence-electron chi connectivity index (χ3n) is 4.31. The smallest absolute Gasteiger partial charge is 0.251 e. The highest BCUT2D eigenvalue weighted by molar-refractivity contribution is 5.94. The zero-order chi connectivity index (χ0) is 16.5. The number of furan rings is 1. The van der Waals surface area contributed by atoms with Gasteiger partial charge in [-0.05, 0) is 49.6 Å². The lowest BCUT2D eigenvalue weighted by molar-refractivity contribution is 0.0330. The van der Waals surface area contributed by atoms with Gasteiger partial charge in [0.05, 0.1) is 24.3 Å². The van der Waals surface area contributed by atoms with Crippen molar-refractivity contribution in [2.45, 2.75) is 30.8 Å². The van der Waals surface area contributed by atoms with Gasteiger partial charge in [-0.2, -0.15) is 5.26 Å². The van der Waals surface area contributed by atoms with E-state index in [-0.39, 0.29) is 17.9 Å². The molecule has 0 radical (unpaired) electrons. The second kappa shape index (κ2) is 5.56. The van der Waals surface area contributed by atoms with Gasteiger partial charge in [0, 0.05) is 5.56 Å². The van der Waals surface area contributed by atoms with Crippen molar-refractivity contribution in [2.24, 2.45) is 0 Å². The Bertz CT molecular complexity index is 736. The van der Waals surface area contributed by atoms with Gasteiger partial charge in [-0.3, -0.25) is 4.79 Å². The topological polar surface area (TPSA) is 86.3 Å². The number of nitrogens with one attached hydrogen (secondary N) is 1. The van der Waals surface area contributed by atoms with Gasteiger partial charge in [-0.1, -0.05) is 12.1 Å². The quantitative estimate of drug-likeness (QED) is 0.888. The third kappa shape index (κ3) is 2.99. The molecule has 2 aromatic rings. The first-order chi connectivity index (χ1) is 11.0. The molecule has 23 heavy (non-hydrogen) atoms. The number of aliphatic hydroxyl groups is 1. The molecule has 5 heteroatoms. The fraction of sp³-hybridized carbons (Fsp3) is 0.333. The van der Waals surface area contributed by atoms with Crippen molar-refractivity contribution in [1.82, 2.24) is 5.32 Å². The zero-order valence-corrected chi connectivity index (χ0v) is 12.9. The van der Waals surface area contributed by atoms with Gasteiger partial charge in [0.2, 0.25) is 0 Å². The van der Waals surface area contributed by atoms with E-state index in [0.29, 0.717) is 11.3 Å². The van der Waals surface area contributed by atoms with Crippen LogP contribution in [-0.4, -0.2) is 17.6 Å². The van der Waals surface area contributed by atoms with Crippen LogP contribution in [0, 0.1) is 11.3 Å². The second-order valence-electron chi connectivity index (χ2n) is 6.21. The molecule has 1 aliphatic rings. The molecule has 118 valence electrons. The van der Waals surface area contributed by atoms with Gasteiger partial charge >= 0.3 is 0 Å². The van der Waals surface area contributed by atoms with Crippen molar-refractivity contribution in [3.8, 4) is 6.07 Å². The molecule has 1 atom stereocenters. The molecular weight excluding hydrogens is 292 g/mol. The maximum absolute atomic E-state index is 12.2. The Kier molecular flexibility index (Phi) is 3.70. The lowest BCUT2D eigenvalue weighted by Gasteiger charge is -2.21. The number of rotatable bonds is 5. The number of benzene rings is 1. The molecule has 1 amide bonds. The van der Waals surface area contributed by atoms with Crippen LogP contribution in [-0.2, 0) is 11.0 Å². The van der Waals surface area contributed by atoms with E-state index in [0.717, 1.165) is 18.4 Å². The largest absolute Gasteiger partial charge is 0.466 e. The molecule has 1 heterocycles. The van der Waals surface area contributed by atoms with Crippen LogP contribution in [0.5, 0.6) is 0 Å². The van der Waals surface area contributed by atoms with Crippen LogP contribution in [0.2, 0.25) is 0 Å². The van der Waals surface area contributed by atoms with Crippen LogP contribution in [0.4, 0.5) is 0 Å². The molecule has 1 saturated carbocycles. The average molecular weight is 310 g/mol. The van der Waals surface area contributed by atoms with Crippen molar-refractivity contribution in [1.29, 1.82) is 5.26 Å². The van der Waals surface area contributed by atoms with Crippen LogP contribution >= 0.6 is 0 Å². The molecule has 2 N–H and O–H groups in total. The third-order valence-corrected chi connectivity index (χ3v) is 4.31. The van der Waals surface area contributed by atoms with Crippen LogP contribution in [0.1, 0.15) is 41.4 Å². The first-order valence-corrected chi connectivity index (χ1v) is 7.53. The molecule has 1 fully saturated rings. The Hall–Kier alpha value is -2.58. The summed E-state index contributed by atoms with van der Waals surface area (Å²) in [6, 6.07) is 12.8. The molecule has 3 rings (SSSR count). The van der Waals surface area contributed by atoms with E-state index >= 15 is 0 Å². The van der Waals surface area contributed by atoms with Gasteiger partial charge in [-0.25, -0.2) is 0 Å². The molecule has 1 aromatic carbocycles.